The fraction of sp³-hybridized carbons (Fsp3) is 0.200. The molecule has 0 amide bonds. The first-order valence-corrected chi connectivity index (χ1v) is 5.56. The third-order valence-electron chi connectivity index (χ3n) is 2.92. The van der Waals surface area contributed by atoms with Gasteiger partial charge in [-0.1, -0.05) is 54.1 Å². The molecule has 0 bridgehead atoms. The van der Waals surface area contributed by atoms with E-state index in [1.54, 1.807) is 0 Å². The summed E-state index contributed by atoms with van der Waals surface area (Å²) in [5, 5.41) is 0. The molecule has 2 N–H and O–H groups in total. The average molecular weight is 248 g/mol. The zero-order chi connectivity index (χ0) is 11.5. The molecule has 2 aromatic rings. The molecule has 0 aliphatic rings. The summed E-state index contributed by atoms with van der Waals surface area (Å²) in [5.41, 5.74) is 11.2. The lowest BCUT2D eigenvalue weighted by atomic mass is 9.95. The molecule has 0 heterocycles. The van der Waals surface area contributed by atoms with E-state index in [1.807, 2.05) is 18.2 Å². The quantitative estimate of drug-likeness (QED) is 0.859. The van der Waals surface area contributed by atoms with Crippen LogP contribution in [0.5, 0.6) is 0 Å². The van der Waals surface area contributed by atoms with Crippen molar-refractivity contribution in [1.29, 1.82) is 0 Å². The number of aryl methyl sites for hydroxylation is 2. The predicted molar refractivity (Wildman–Crippen MR) is 75.6 cm³/mol. The van der Waals surface area contributed by atoms with E-state index in [2.05, 4.69) is 44.2 Å². The van der Waals surface area contributed by atoms with Gasteiger partial charge in [-0.05, 0) is 30.5 Å². The van der Waals surface area contributed by atoms with Crippen molar-refractivity contribution >= 4 is 12.4 Å². The highest BCUT2D eigenvalue weighted by Gasteiger charge is 2.10. The fourth-order valence-corrected chi connectivity index (χ4v) is 2.01. The van der Waals surface area contributed by atoms with E-state index >= 15 is 0 Å². The smallest absolute Gasteiger partial charge is 0.0554 e. The normalized spacial score (nSPS) is 11.7. The first-order valence-electron chi connectivity index (χ1n) is 5.56. The van der Waals surface area contributed by atoms with Crippen LogP contribution in [0.1, 0.15) is 28.3 Å². The van der Waals surface area contributed by atoms with Gasteiger partial charge in [0.15, 0.2) is 0 Å². The SMILES string of the molecule is Cc1ccc([C@H](N)c2ccccc2)c(C)c1.Cl. The first kappa shape index (κ1) is 13.8. The zero-order valence-corrected chi connectivity index (χ0v) is 11.0. The van der Waals surface area contributed by atoms with Gasteiger partial charge in [-0.15, -0.1) is 12.4 Å². The predicted octanol–water partition coefficient (Wildman–Crippen LogP) is 3.77. The van der Waals surface area contributed by atoms with Crippen molar-refractivity contribution in [3.8, 4) is 0 Å². The van der Waals surface area contributed by atoms with Gasteiger partial charge in [0.2, 0.25) is 0 Å². The van der Waals surface area contributed by atoms with E-state index in [9.17, 15) is 0 Å². The Morgan fingerprint density at radius 3 is 2.18 bits per heavy atom. The molecular formula is C15H18ClN. The molecule has 0 spiro atoms. The summed E-state index contributed by atoms with van der Waals surface area (Å²) in [7, 11) is 0. The number of benzene rings is 2. The molecule has 0 aromatic heterocycles. The van der Waals surface area contributed by atoms with E-state index in [4.69, 9.17) is 5.73 Å². The van der Waals surface area contributed by atoms with Crippen molar-refractivity contribution in [2.45, 2.75) is 19.9 Å². The van der Waals surface area contributed by atoms with Gasteiger partial charge in [0.1, 0.15) is 0 Å². The van der Waals surface area contributed by atoms with Gasteiger partial charge in [0.25, 0.3) is 0 Å². The molecule has 0 saturated carbocycles. The Morgan fingerprint density at radius 1 is 0.941 bits per heavy atom. The van der Waals surface area contributed by atoms with Gasteiger partial charge < -0.3 is 5.73 Å². The molecular weight excluding hydrogens is 230 g/mol. The minimum absolute atomic E-state index is 0. The minimum Gasteiger partial charge on any atom is -0.320 e. The second-order valence-corrected chi connectivity index (χ2v) is 4.25. The van der Waals surface area contributed by atoms with E-state index in [-0.39, 0.29) is 18.4 Å². The monoisotopic (exact) mass is 247 g/mol. The van der Waals surface area contributed by atoms with Crippen molar-refractivity contribution < 1.29 is 0 Å². The van der Waals surface area contributed by atoms with Gasteiger partial charge in [-0.2, -0.15) is 0 Å². The molecule has 0 saturated heterocycles. The molecule has 0 fully saturated rings. The lowest BCUT2D eigenvalue weighted by molar-refractivity contribution is 0.861. The summed E-state index contributed by atoms with van der Waals surface area (Å²) in [5.74, 6) is 0. The average Bonchev–Trinajstić information content (AvgIpc) is 2.29. The molecule has 1 nitrogen and oxygen atoms in total. The summed E-state index contributed by atoms with van der Waals surface area (Å²) in [6, 6.07) is 16.6. The largest absolute Gasteiger partial charge is 0.320 e. The third kappa shape index (κ3) is 3.09. The summed E-state index contributed by atoms with van der Waals surface area (Å²) < 4.78 is 0. The molecule has 2 aromatic carbocycles. The van der Waals surface area contributed by atoms with Crippen molar-refractivity contribution in [3.63, 3.8) is 0 Å². The Morgan fingerprint density at radius 2 is 1.59 bits per heavy atom. The van der Waals surface area contributed by atoms with Crippen LogP contribution in [0.2, 0.25) is 0 Å². The van der Waals surface area contributed by atoms with Gasteiger partial charge in [-0.3, -0.25) is 0 Å². The maximum absolute atomic E-state index is 6.27. The number of hydrogen-bond acceptors (Lipinski definition) is 1. The van der Waals surface area contributed by atoms with Crippen LogP contribution in [0, 0.1) is 13.8 Å². The Bertz CT molecular complexity index is 480. The lowest BCUT2D eigenvalue weighted by Gasteiger charge is -2.15. The van der Waals surface area contributed by atoms with Crippen LogP contribution in [0.4, 0.5) is 0 Å². The molecule has 1 atom stereocenters. The number of rotatable bonds is 2. The van der Waals surface area contributed by atoms with Crippen molar-refractivity contribution in [2.75, 3.05) is 0 Å². The van der Waals surface area contributed by atoms with Crippen LogP contribution in [0.15, 0.2) is 48.5 Å². The second kappa shape index (κ2) is 5.85. The molecule has 0 unspecified atom stereocenters. The molecule has 0 radical (unpaired) electrons. The highest BCUT2D eigenvalue weighted by molar-refractivity contribution is 5.85. The van der Waals surface area contributed by atoms with E-state index in [0.29, 0.717) is 0 Å². The number of hydrogen-bond donors (Lipinski definition) is 1. The molecule has 2 heteroatoms. The minimum atomic E-state index is -0.0261. The van der Waals surface area contributed by atoms with Crippen LogP contribution in [-0.2, 0) is 0 Å². The maximum Gasteiger partial charge on any atom is 0.0554 e. The van der Waals surface area contributed by atoms with Crippen LogP contribution in [-0.4, -0.2) is 0 Å². The van der Waals surface area contributed by atoms with Crippen molar-refractivity contribution in [3.05, 3.63) is 70.8 Å². The Balaban J connectivity index is 0.00000144. The van der Waals surface area contributed by atoms with Crippen molar-refractivity contribution in [1.82, 2.24) is 0 Å². The molecule has 90 valence electrons. The Kier molecular flexibility index (Phi) is 4.73. The second-order valence-electron chi connectivity index (χ2n) is 4.25. The van der Waals surface area contributed by atoms with Crippen molar-refractivity contribution in [2.24, 2.45) is 5.73 Å². The third-order valence-corrected chi connectivity index (χ3v) is 2.92. The van der Waals surface area contributed by atoms with Crippen LogP contribution >= 0.6 is 12.4 Å². The molecule has 0 aliphatic carbocycles. The highest BCUT2D eigenvalue weighted by atomic mass is 35.5. The topological polar surface area (TPSA) is 26.0 Å². The van der Waals surface area contributed by atoms with Gasteiger partial charge in [-0.25, -0.2) is 0 Å². The number of halogens is 1. The van der Waals surface area contributed by atoms with Crippen LogP contribution in [0.3, 0.4) is 0 Å². The summed E-state index contributed by atoms with van der Waals surface area (Å²) in [6.45, 7) is 4.22. The summed E-state index contributed by atoms with van der Waals surface area (Å²) >= 11 is 0. The first-order chi connectivity index (χ1) is 7.68. The molecule has 2 rings (SSSR count). The summed E-state index contributed by atoms with van der Waals surface area (Å²) in [6.07, 6.45) is 0. The zero-order valence-electron chi connectivity index (χ0n) is 10.2. The van der Waals surface area contributed by atoms with Gasteiger partial charge in [0.05, 0.1) is 6.04 Å². The molecule has 17 heavy (non-hydrogen) atoms. The molecule has 0 aliphatic heterocycles. The maximum atomic E-state index is 6.27. The number of nitrogens with two attached hydrogens (primary N) is 1. The van der Waals surface area contributed by atoms with E-state index in [0.717, 1.165) is 5.56 Å². The van der Waals surface area contributed by atoms with Crippen LogP contribution < -0.4 is 5.73 Å². The van der Waals surface area contributed by atoms with Gasteiger partial charge >= 0.3 is 0 Å². The Hall–Kier alpha value is -1.31. The Labute approximate surface area is 109 Å². The summed E-state index contributed by atoms with van der Waals surface area (Å²) in [4.78, 5) is 0. The van der Waals surface area contributed by atoms with E-state index < -0.39 is 0 Å². The standard InChI is InChI=1S/C15H17N.ClH/c1-11-8-9-14(12(2)10-11)15(16)13-6-4-3-5-7-13;/h3-10,15H,16H2,1-2H3;1H/t15-;/m1./s1. The fourth-order valence-electron chi connectivity index (χ4n) is 2.01. The van der Waals surface area contributed by atoms with E-state index in [1.165, 1.54) is 16.7 Å². The van der Waals surface area contributed by atoms with Crippen LogP contribution in [0.25, 0.3) is 0 Å². The lowest BCUT2D eigenvalue weighted by Crippen LogP contribution is -2.13. The van der Waals surface area contributed by atoms with Gasteiger partial charge in [0, 0.05) is 0 Å². The highest BCUT2D eigenvalue weighted by Crippen LogP contribution is 2.22.